The molecule has 82 valence electrons. The first-order chi connectivity index (χ1) is 6.44. The van der Waals surface area contributed by atoms with Gasteiger partial charge in [0, 0.05) is 12.6 Å². The van der Waals surface area contributed by atoms with Crippen LogP contribution in [0, 0.1) is 0 Å². The first kappa shape index (κ1) is 11.7. The van der Waals surface area contributed by atoms with E-state index in [1.54, 1.807) is 4.90 Å². The zero-order valence-electron chi connectivity index (χ0n) is 9.12. The molecule has 1 amide bonds. The molecule has 0 radical (unpaired) electrons. The molecule has 1 aliphatic rings. The van der Waals surface area contributed by atoms with Crippen molar-refractivity contribution < 1.29 is 9.53 Å². The molecule has 0 N–H and O–H groups in total. The van der Waals surface area contributed by atoms with Crippen molar-refractivity contribution in [2.75, 3.05) is 12.3 Å². The lowest BCUT2D eigenvalue weighted by molar-refractivity contribution is -0.00551. The number of ether oxygens (including phenoxy) is 1. The molecule has 0 aromatic rings. The van der Waals surface area contributed by atoms with Gasteiger partial charge in [-0.3, -0.25) is 0 Å². The Balaban J connectivity index is 2.38. The van der Waals surface area contributed by atoms with Gasteiger partial charge in [0.15, 0.2) is 0 Å². The Hall–Kier alpha value is -0.380. The summed E-state index contributed by atoms with van der Waals surface area (Å²) in [5.41, 5.74) is -0.391. The molecule has 1 saturated heterocycles. The van der Waals surface area contributed by atoms with Crippen molar-refractivity contribution in [1.29, 1.82) is 0 Å². The summed E-state index contributed by atoms with van der Waals surface area (Å²) in [4.78, 5) is 13.4. The molecule has 1 heterocycles. The smallest absolute Gasteiger partial charge is 0.410 e. The summed E-state index contributed by atoms with van der Waals surface area (Å²) in [6.45, 7) is 6.49. The van der Waals surface area contributed by atoms with Gasteiger partial charge in [-0.25, -0.2) is 4.79 Å². The average Bonchev–Trinajstić information content (AvgIpc) is 1.93. The summed E-state index contributed by atoms with van der Waals surface area (Å²) in [5, 5.41) is 0. The van der Waals surface area contributed by atoms with Gasteiger partial charge >= 0.3 is 6.09 Å². The molecule has 0 aromatic heterocycles. The van der Waals surface area contributed by atoms with Crippen LogP contribution in [-0.2, 0) is 4.74 Å². The fraction of sp³-hybridized carbons (Fsp3) is 0.900. The van der Waals surface area contributed by atoms with Crippen molar-refractivity contribution in [3.8, 4) is 0 Å². The Labute approximate surface area is 91.2 Å². The van der Waals surface area contributed by atoms with Crippen LogP contribution >= 0.6 is 12.6 Å². The summed E-state index contributed by atoms with van der Waals surface area (Å²) < 4.78 is 5.28. The van der Waals surface area contributed by atoms with E-state index in [1.807, 2.05) is 20.8 Å². The van der Waals surface area contributed by atoms with Gasteiger partial charge in [0.05, 0.1) is 0 Å². The first-order valence-electron chi connectivity index (χ1n) is 5.04. The number of likely N-dealkylation sites (tertiary alicyclic amines) is 1. The lowest BCUT2D eigenvalue weighted by Crippen LogP contribution is -2.52. The highest BCUT2D eigenvalue weighted by molar-refractivity contribution is 7.80. The number of carbonyl (C=O) groups excluding carboxylic acids is 1. The maximum atomic E-state index is 11.6. The quantitative estimate of drug-likeness (QED) is 0.719. The fourth-order valence-electron chi connectivity index (χ4n) is 1.45. The Morgan fingerprint density at radius 3 is 2.57 bits per heavy atom. The minimum Gasteiger partial charge on any atom is -0.444 e. The minimum absolute atomic E-state index is 0.185. The summed E-state index contributed by atoms with van der Waals surface area (Å²) in [6, 6.07) is 0.349. The van der Waals surface area contributed by atoms with Crippen molar-refractivity contribution >= 4 is 18.7 Å². The summed E-state index contributed by atoms with van der Waals surface area (Å²) in [5.74, 6) is 0.823. The van der Waals surface area contributed by atoms with Crippen LogP contribution in [-0.4, -0.2) is 34.9 Å². The summed E-state index contributed by atoms with van der Waals surface area (Å²) >= 11 is 4.16. The number of carbonyl (C=O) groups is 1. The zero-order valence-corrected chi connectivity index (χ0v) is 10.0. The van der Waals surface area contributed by atoms with Crippen LogP contribution in [0.3, 0.4) is 0 Å². The van der Waals surface area contributed by atoms with Crippen molar-refractivity contribution in [2.24, 2.45) is 0 Å². The second-order valence-corrected chi connectivity index (χ2v) is 5.08. The van der Waals surface area contributed by atoms with Gasteiger partial charge in [0.25, 0.3) is 0 Å². The largest absolute Gasteiger partial charge is 0.444 e. The molecule has 1 fully saturated rings. The van der Waals surface area contributed by atoms with Gasteiger partial charge in [0.1, 0.15) is 5.60 Å². The molecule has 3 nitrogen and oxygen atoms in total. The molecule has 1 rings (SSSR count). The monoisotopic (exact) mass is 217 g/mol. The van der Waals surface area contributed by atoms with Crippen LogP contribution in [0.2, 0.25) is 0 Å². The van der Waals surface area contributed by atoms with Crippen LogP contribution in [0.1, 0.15) is 33.6 Å². The zero-order chi connectivity index (χ0) is 10.8. The van der Waals surface area contributed by atoms with Crippen LogP contribution in [0.25, 0.3) is 0 Å². The Bertz CT molecular complexity index is 213. The standard InChI is InChI=1S/C10H19NO2S/c1-10(2,3)13-9(12)11-6-4-8(11)5-7-14/h8,14H,4-7H2,1-3H3. The topological polar surface area (TPSA) is 29.5 Å². The van der Waals surface area contributed by atoms with E-state index in [1.165, 1.54) is 0 Å². The predicted octanol–water partition coefficient (Wildman–Crippen LogP) is 2.32. The Morgan fingerprint density at radius 1 is 1.57 bits per heavy atom. The molecule has 0 aliphatic carbocycles. The number of nitrogens with zero attached hydrogens (tertiary/aromatic N) is 1. The van der Waals surface area contributed by atoms with Crippen molar-refractivity contribution in [3.05, 3.63) is 0 Å². The average molecular weight is 217 g/mol. The highest BCUT2D eigenvalue weighted by Gasteiger charge is 2.34. The summed E-state index contributed by atoms with van der Waals surface area (Å²) in [6.07, 6.45) is 1.86. The van der Waals surface area contributed by atoms with Crippen molar-refractivity contribution in [1.82, 2.24) is 4.90 Å². The summed E-state index contributed by atoms with van der Waals surface area (Å²) in [7, 11) is 0. The van der Waals surface area contributed by atoms with Crippen LogP contribution < -0.4 is 0 Å². The van der Waals surface area contributed by atoms with Gasteiger partial charge in [-0.15, -0.1) is 0 Å². The van der Waals surface area contributed by atoms with E-state index in [0.717, 1.165) is 25.1 Å². The molecule has 0 bridgehead atoms. The van der Waals surface area contributed by atoms with E-state index in [9.17, 15) is 4.79 Å². The normalized spacial score (nSPS) is 21.7. The highest BCUT2D eigenvalue weighted by Crippen LogP contribution is 2.23. The molecular formula is C10H19NO2S. The number of hydrogen-bond acceptors (Lipinski definition) is 3. The van der Waals surface area contributed by atoms with Gasteiger partial charge < -0.3 is 9.64 Å². The Morgan fingerprint density at radius 2 is 2.21 bits per heavy atom. The minimum atomic E-state index is -0.391. The lowest BCUT2D eigenvalue weighted by atomic mass is 10.0. The number of rotatable bonds is 2. The molecule has 4 heteroatoms. The maximum Gasteiger partial charge on any atom is 0.410 e. The second kappa shape index (κ2) is 4.43. The molecule has 1 unspecified atom stereocenters. The molecule has 0 saturated carbocycles. The number of thiol groups is 1. The molecular weight excluding hydrogens is 198 g/mol. The highest BCUT2D eigenvalue weighted by atomic mass is 32.1. The fourth-order valence-corrected chi connectivity index (χ4v) is 1.75. The first-order valence-corrected chi connectivity index (χ1v) is 5.68. The van der Waals surface area contributed by atoms with E-state index in [-0.39, 0.29) is 6.09 Å². The Kier molecular flexibility index (Phi) is 3.70. The molecule has 14 heavy (non-hydrogen) atoms. The third-order valence-corrected chi connectivity index (χ3v) is 2.49. The predicted molar refractivity (Wildman–Crippen MR) is 59.8 cm³/mol. The van der Waals surface area contributed by atoms with Gasteiger partial charge in [-0.1, -0.05) is 0 Å². The van der Waals surface area contributed by atoms with Crippen molar-refractivity contribution in [2.45, 2.75) is 45.3 Å². The third-order valence-electron chi connectivity index (χ3n) is 2.23. The number of amides is 1. The van der Waals surface area contributed by atoms with E-state index < -0.39 is 5.60 Å². The maximum absolute atomic E-state index is 11.6. The van der Waals surface area contributed by atoms with Crippen LogP contribution in [0.5, 0.6) is 0 Å². The van der Waals surface area contributed by atoms with Gasteiger partial charge in [-0.05, 0) is 39.4 Å². The van der Waals surface area contributed by atoms with Gasteiger partial charge in [-0.2, -0.15) is 12.6 Å². The second-order valence-electron chi connectivity index (χ2n) is 4.63. The molecule has 0 aromatic carbocycles. The van der Waals surface area contributed by atoms with E-state index >= 15 is 0 Å². The van der Waals surface area contributed by atoms with E-state index in [2.05, 4.69) is 12.6 Å². The molecule has 0 spiro atoms. The van der Waals surface area contributed by atoms with Crippen LogP contribution in [0.15, 0.2) is 0 Å². The van der Waals surface area contributed by atoms with Crippen molar-refractivity contribution in [3.63, 3.8) is 0 Å². The number of hydrogen-bond donors (Lipinski definition) is 1. The SMILES string of the molecule is CC(C)(C)OC(=O)N1CCC1CCS. The van der Waals surface area contributed by atoms with Crippen LogP contribution in [0.4, 0.5) is 4.79 Å². The van der Waals surface area contributed by atoms with E-state index in [0.29, 0.717) is 6.04 Å². The lowest BCUT2D eigenvalue weighted by Gasteiger charge is -2.41. The third kappa shape index (κ3) is 3.08. The molecule has 1 aliphatic heterocycles. The van der Waals surface area contributed by atoms with Gasteiger partial charge in [0.2, 0.25) is 0 Å². The van der Waals surface area contributed by atoms with E-state index in [4.69, 9.17) is 4.74 Å². The molecule has 1 atom stereocenters.